The highest BCUT2D eigenvalue weighted by atomic mass is 14.3. The molecule has 0 nitrogen and oxygen atoms in total. The lowest BCUT2D eigenvalue weighted by atomic mass is 9.95. The van der Waals surface area contributed by atoms with Crippen molar-refractivity contribution in [3.05, 3.63) is 29.7 Å². The Kier molecular flexibility index (Phi) is 1.40. The largest absolute Gasteiger partial charge is 0.0836 e. The molecule has 0 amide bonds. The van der Waals surface area contributed by atoms with Crippen molar-refractivity contribution >= 4 is 0 Å². The van der Waals surface area contributed by atoms with Crippen molar-refractivity contribution in [2.45, 2.75) is 26.2 Å². The molecule has 0 aromatic rings. The molecule has 1 atom stereocenters. The van der Waals surface area contributed by atoms with Crippen LogP contribution >= 0.6 is 0 Å². The molecule has 0 N–H and O–H groups in total. The molecule has 2 aliphatic rings. The van der Waals surface area contributed by atoms with Crippen LogP contribution in [0.3, 0.4) is 0 Å². The molecule has 0 bridgehead atoms. The monoisotopic (exact) mass is 133 g/mol. The maximum atomic E-state index is 2.34. The SMILES string of the molecule is CC1C[C]2CC=CC=C2C1. The fourth-order valence-corrected chi connectivity index (χ4v) is 1.94. The molecular weight excluding hydrogens is 120 g/mol. The van der Waals surface area contributed by atoms with Crippen LogP contribution in [0.2, 0.25) is 0 Å². The number of allylic oxidation sites excluding steroid dienone is 4. The average molecular weight is 133 g/mol. The second-order valence-electron chi connectivity index (χ2n) is 3.44. The van der Waals surface area contributed by atoms with E-state index in [1.54, 1.807) is 11.5 Å². The summed E-state index contributed by atoms with van der Waals surface area (Å²) >= 11 is 0. The van der Waals surface area contributed by atoms with Crippen LogP contribution in [0.4, 0.5) is 0 Å². The van der Waals surface area contributed by atoms with Gasteiger partial charge in [0.15, 0.2) is 0 Å². The number of rotatable bonds is 0. The molecule has 10 heavy (non-hydrogen) atoms. The highest BCUT2D eigenvalue weighted by molar-refractivity contribution is 5.37. The van der Waals surface area contributed by atoms with Crippen LogP contribution in [-0.2, 0) is 0 Å². The third-order valence-electron chi connectivity index (χ3n) is 2.42. The Morgan fingerprint density at radius 1 is 1.40 bits per heavy atom. The molecule has 0 heterocycles. The van der Waals surface area contributed by atoms with Gasteiger partial charge >= 0.3 is 0 Å². The van der Waals surface area contributed by atoms with Crippen LogP contribution in [0, 0.1) is 11.8 Å². The van der Waals surface area contributed by atoms with E-state index >= 15 is 0 Å². The van der Waals surface area contributed by atoms with Crippen molar-refractivity contribution in [3.8, 4) is 0 Å². The summed E-state index contributed by atoms with van der Waals surface area (Å²) in [6.45, 7) is 2.34. The zero-order valence-electron chi connectivity index (χ0n) is 6.43. The maximum absolute atomic E-state index is 2.34. The summed E-state index contributed by atoms with van der Waals surface area (Å²) in [6.07, 6.45) is 10.6. The van der Waals surface area contributed by atoms with Gasteiger partial charge in [-0.2, -0.15) is 0 Å². The Bertz CT molecular complexity index is 186. The quantitative estimate of drug-likeness (QED) is 0.476. The molecule has 1 saturated carbocycles. The van der Waals surface area contributed by atoms with E-state index in [4.69, 9.17) is 0 Å². The number of hydrogen-bond acceptors (Lipinski definition) is 0. The summed E-state index contributed by atoms with van der Waals surface area (Å²) in [6, 6.07) is 0. The van der Waals surface area contributed by atoms with Crippen molar-refractivity contribution in [3.63, 3.8) is 0 Å². The molecule has 0 heteroatoms. The third kappa shape index (κ3) is 0.920. The maximum Gasteiger partial charge on any atom is 0.00490 e. The lowest BCUT2D eigenvalue weighted by Crippen LogP contribution is -1.94. The Hall–Kier alpha value is -0.520. The zero-order chi connectivity index (χ0) is 6.97. The third-order valence-corrected chi connectivity index (χ3v) is 2.42. The molecule has 0 aliphatic heterocycles. The van der Waals surface area contributed by atoms with Gasteiger partial charge in [0.2, 0.25) is 0 Å². The summed E-state index contributed by atoms with van der Waals surface area (Å²) < 4.78 is 0. The van der Waals surface area contributed by atoms with E-state index in [9.17, 15) is 0 Å². The average Bonchev–Trinajstić information content (AvgIpc) is 2.27. The Morgan fingerprint density at radius 2 is 2.30 bits per heavy atom. The molecule has 1 radical (unpaired) electrons. The lowest BCUT2D eigenvalue weighted by molar-refractivity contribution is 0.624. The van der Waals surface area contributed by atoms with E-state index < -0.39 is 0 Å². The Morgan fingerprint density at radius 3 is 3.10 bits per heavy atom. The van der Waals surface area contributed by atoms with Crippen molar-refractivity contribution in [2.24, 2.45) is 5.92 Å². The van der Waals surface area contributed by atoms with Gasteiger partial charge in [-0.3, -0.25) is 0 Å². The molecule has 1 unspecified atom stereocenters. The fourth-order valence-electron chi connectivity index (χ4n) is 1.94. The Labute approximate surface area is 62.6 Å². The van der Waals surface area contributed by atoms with Gasteiger partial charge in [0.1, 0.15) is 0 Å². The van der Waals surface area contributed by atoms with E-state index in [-0.39, 0.29) is 0 Å². The fraction of sp³-hybridized carbons (Fsp3) is 0.500. The van der Waals surface area contributed by atoms with Crippen LogP contribution in [0.25, 0.3) is 0 Å². The standard InChI is InChI=1S/C10H13/c1-8-6-9-4-2-3-5-10(9)7-8/h2-4,8H,5-7H2,1H3. The molecule has 0 saturated heterocycles. The first kappa shape index (κ1) is 6.21. The molecule has 2 aliphatic carbocycles. The van der Waals surface area contributed by atoms with Gasteiger partial charge in [-0.15, -0.1) is 0 Å². The van der Waals surface area contributed by atoms with Crippen LogP contribution in [-0.4, -0.2) is 0 Å². The minimum Gasteiger partial charge on any atom is -0.0836 e. The van der Waals surface area contributed by atoms with Crippen LogP contribution < -0.4 is 0 Å². The first-order valence-corrected chi connectivity index (χ1v) is 4.07. The summed E-state index contributed by atoms with van der Waals surface area (Å²) in [4.78, 5) is 0. The van der Waals surface area contributed by atoms with E-state index in [1.807, 2.05) is 0 Å². The van der Waals surface area contributed by atoms with Crippen molar-refractivity contribution in [1.82, 2.24) is 0 Å². The van der Waals surface area contributed by atoms with Gasteiger partial charge in [-0.05, 0) is 25.2 Å². The minimum absolute atomic E-state index is 0.904. The molecule has 53 valence electrons. The van der Waals surface area contributed by atoms with Crippen molar-refractivity contribution in [2.75, 3.05) is 0 Å². The first-order chi connectivity index (χ1) is 4.86. The van der Waals surface area contributed by atoms with Gasteiger partial charge in [-0.25, -0.2) is 0 Å². The second kappa shape index (κ2) is 2.26. The predicted molar refractivity (Wildman–Crippen MR) is 43.5 cm³/mol. The topological polar surface area (TPSA) is 0 Å². The minimum atomic E-state index is 0.904. The van der Waals surface area contributed by atoms with E-state index in [2.05, 4.69) is 25.2 Å². The molecule has 2 rings (SSSR count). The van der Waals surface area contributed by atoms with E-state index in [0.717, 1.165) is 5.92 Å². The van der Waals surface area contributed by atoms with Crippen LogP contribution in [0.1, 0.15) is 26.2 Å². The predicted octanol–water partition coefficient (Wildman–Crippen LogP) is 2.88. The first-order valence-electron chi connectivity index (χ1n) is 4.07. The zero-order valence-corrected chi connectivity index (χ0v) is 6.43. The molecular formula is C10H13. The summed E-state index contributed by atoms with van der Waals surface area (Å²) in [5, 5.41) is 0. The number of hydrogen-bond donors (Lipinski definition) is 0. The summed E-state index contributed by atoms with van der Waals surface area (Å²) in [7, 11) is 0. The van der Waals surface area contributed by atoms with E-state index in [0.29, 0.717) is 0 Å². The van der Waals surface area contributed by atoms with Gasteiger partial charge < -0.3 is 0 Å². The number of fused-ring (bicyclic) bond motifs is 1. The second-order valence-corrected chi connectivity index (χ2v) is 3.44. The summed E-state index contributed by atoms with van der Waals surface area (Å²) in [5.74, 6) is 2.59. The van der Waals surface area contributed by atoms with E-state index in [1.165, 1.54) is 19.3 Å². The Balaban J connectivity index is 2.18. The molecule has 1 fully saturated rings. The highest BCUT2D eigenvalue weighted by Gasteiger charge is 2.26. The van der Waals surface area contributed by atoms with Crippen molar-refractivity contribution in [1.29, 1.82) is 0 Å². The van der Waals surface area contributed by atoms with Gasteiger partial charge in [0, 0.05) is 5.92 Å². The smallest absolute Gasteiger partial charge is 0.00490 e. The normalized spacial score (nSPS) is 32.1. The molecule has 0 spiro atoms. The van der Waals surface area contributed by atoms with Gasteiger partial charge in [0.05, 0.1) is 0 Å². The molecule has 0 aromatic carbocycles. The van der Waals surface area contributed by atoms with Crippen molar-refractivity contribution < 1.29 is 0 Å². The molecule has 0 aromatic heterocycles. The lowest BCUT2D eigenvalue weighted by Gasteiger charge is -2.10. The van der Waals surface area contributed by atoms with Gasteiger partial charge in [-0.1, -0.05) is 30.7 Å². The van der Waals surface area contributed by atoms with Crippen LogP contribution in [0.15, 0.2) is 23.8 Å². The highest BCUT2D eigenvalue weighted by Crippen LogP contribution is 2.41. The van der Waals surface area contributed by atoms with Crippen LogP contribution in [0.5, 0.6) is 0 Å². The van der Waals surface area contributed by atoms with Gasteiger partial charge in [0.25, 0.3) is 0 Å². The summed E-state index contributed by atoms with van der Waals surface area (Å²) in [5.41, 5.74) is 1.62.